The second kappa shape index (κ2) is 16.0. The molecule has 3 fully saturated rings. The van der Waals surface area contributed by atoms with Crippen molar-refractivity contribution in [1.29, 1.82) is 0 Å². The third-order valence-corrected chi connectivity index (χ3v) is 11.8. The number of hydrogen-bond acceptors (Lipinski definition) is 8. The Kier molecular flexibility index (Phi) is 10.6. The summed E-state index contributed by atoms with van der Waals surface area (Å²) in [6.45, 7) is 5.47. The van der Waals surface area contributed by atoms with E-state index in [1.165, 1.54) is 12.8 Å². The molecule has 0 bridgehead atoms. The average molecular weight is 719 g/mol. The number of carbonyl (C=O) groups is 1. The van der Waals surface area contributed by atoms with Gasteiger partial charge in [-0.25, -0.2) is 4.79 Å². The molecular weight excluding hydrogens is 673 g/mol. The molecule has 1 unspecified atom stereocenters. The summed E-state index contributed by atoms with van der Waals surface area (Å²) in [5.74, 6) is 2.37. The van der Waals surface area contributed by atoms with Gasteiger partial charge in [0.05, 0.1) is 12.6 Å². The highest BCUT2D eigenvalue weighted by Crippen LogP contribution is 2.45. The number of aliphatic hydroxyl groups excluding tert-OH is 1. The molecule has 2 aliphatic heterocycles. The summed E-state index contributed by atoms with van der Waals surface area (Å²) in [5, 5.41) is 13.1. The monoisotopic (exact) mass is 718 g/mol. The van der Waals surface area contributed by atoms with Gasteiger partial charge in [0.25, 0.3) is 0 Å². The molecule has 8 nitrogen and oxygen atoms in total. The fourth-order valence-corrected chi connectivity index (χ4v) is 9.03. The summed E-state index contributed by atoms with van der Waals surface area (Å²) in [7, 11) is 0. The average Bonchev–Trinajstić information content (AvgIpc) is 3.95. The summed E-state index contributed by atoms with van der Waals surface area (Å²) in [6, 6.07) is 32.3. The lowest BCUT2D eigenvalue weighted by Gasteiger charge is -2.36. The number of aliphatic hydroxyl groups is 1. The van der Waals surface area contributed by atoms with E-state index in [0.717, 1.165) is 99.8 Å². The van der Waals surface area contributed by atoms with E-state index in [1.54, 1.807) is 11.3 Å². The van der Waals surface area contributed by atoms with Crippen LogP contribution in [0.5, 0.6) is 17.2 Å². The zero-order chi connectivity index (χ0) is 35.3. The van der Waals surface area contributed by atoms with E-state index in [4.69, 9.17) is 18.9 Å². The van der Waals surface area contributed by atoms with Crippen molar-refractivity contribution in [3.05, 3.63) is 114 Å². The van der Waals surface area contributed by atoms with Crippen LogP contribution < -0.4 is 14.2 Å². The lowest BCUT2D eigenvalue weighted by Crippen LogP contribution is -2.48. The summed E-state index contributed by atoms with van der Waals surface area (Å²) >= 11 is 1.66. The molecule has 1 aliphatic carbocycles. The molecule has 0 radical (unpaired) electrons. The number of carbonyl (C=O) groups excluding carboxylic acids is 1. The molecule has 3 aliphatic rings. The van der Waals surface area contributed by atoms with Crippen molar-refractivity contribution in [2.24, 2.45) is 0 Å². The van der Waals surface area contributed by atoms with Crippen LogP contribution in [0.25, 0.3) is 20.5 Å². The molecular formula is C43H46N2O6S. The molecule has 8 rings (SSSR count). The summed E-state index contributed by atoms with van der Waals surface area (Å²) in [5.41, 5.74) is 3.78. The Labute approximate surface area is 309 Å². The summed E-state index contributed by atoms with van der Waals surface area (Å²) in [6.07, 6.45) is 5.29. The second-order valence-corrected chi connectivity index (χ2v) is 15.0. The Bertz CT molecular complexity index is 1940. The Hall–Kier alpha value is -4.57. The van der Waals surface area contributed by atoms with E-state index < -0.39 is 6.10 Å². The number of cyclic esters (lactones) is 1. The predicted molar refractivity (Wildman–Crippen MR) is 204 cm³/mol. The highest BCUT2D eigenvalue weighted by atomic mass is 32.1. The van der Waals surface area contributed by atoms with Gasteiger partial charge in [-0.1, -0.05) is 48.9 Å². The molecule has 0 spiro atoms. The van der Waals surface area contributed by atoms with E-state index in [9.17, 15) is 9.90 Å². The molecule has 270 valence electrons. The molecule has 4 aromatic carbocycles. The maximum atomic E-state index is 12.3. The van der Waals surface area contributed by atoms with Gasteiger partial charge in [0.2, 0.25) is 0 Å². The first kappa shape index (κ1) is 34.5. The molecule has 3 atom stereocenters. The van der Waals surface area contributed by atoms with Crippen LogP contribution in [0.2, 0.25) is 0 Å². The quantitative estimate of drug-likeness (QED) is 0.130. The first-order chi connectivity index (χ1) is 25.6. The van der Waals surface area contributed by atoms with Crippen LogP contribution >= 0.6 is 11.3 Å². The Morgan fingerprint density at radius 1 is 0.808 bits per heavy atom. The number of nitrogens with zero attached hydrogens (tertiary/aromatic N) is 2. The van der Waals surface area contributed by atoms with Crippen molar-refractivity contribution < 1.29 is 28.8 Å². The SMILES string of the molecule is O=C1OCCN1[C@H]1CCCC[C@@H]1Oc1ccc(C(O)c2c(-c3ccc(OCCN4CCCC4)cc3)sc3cc(OCc4ccccc4)ccc23)cc1. The highest BCUT2D eigenvalue weighted by molar-refractivity contribution is 7.22. The van der Waals surface area contributed by atoms with E-state index in [1.807, 2.05) is 65.6 Å². The predicted octanol–water partition coefficient (Wildman–Crippen LogP) is 8.85. The zero-order valence-electron chi connectivity index (χ0n) is 29.5. The minimum atomic E-state index is -0.868. The maximum absolute atomic E-state index is 12.3. The maximum Gasteiger partial charge on any atom is 0.410 e. The second-order valence-electron chi connectivity index (χ2n) is 14.0. The molecule has 5 aromatic rings. The topological polar surface area (TPSA) is 80.7 Å². The number of thiophene rings is 1. The summed E-state index contributed by atoms with van der Waals surface area (Å²) in [4.78, 5) is 17.6. The van der Waals surface area contributed by atoms with Gasteiger partial charge < -0.3 is 24.1 Å². The lowest BCUT2D eigenvalue weighted by atomic mass is 9.91. The van der Waals surface area contributed by atoms with Crippen LogP contribution in [-0.2, 0) is 11.3 Å². The van der Waals surface area contributed by atoms with Crippen LogP contribution in [0.4, 0.5) is 4.79 Å². The number of fused-ring (bicyclic) bond motifs is 1. The van der Waals surface area contributed by atoms with Crippen molar-refractivity contribution in [3.8, 4) is 27.7 Å². The van der Waals surface area contributed by atoms with Gasteiger partial charge in [0.1, 0.15) is 49.3 Å². The van der Waals surface area contributed by atoms with Crippen molar-refractivity contribution in [2.45, 2.75) is 63.4 Å². The zero-order valence-corrected chi connectivity index (χ0v) is 30.3. The van der Waals surface area contributed by atoms with Gasteiger partial charge in [0.15, 0.2) is 0 Å². The minimum Gasteiger partial charge on any atom is -0.492 e. The van der Waals surface area contributed by atoms with Crippen molar-refractivity contribution in [2.75, 3.05) is 39.4 Å². The lowest BCUT2D eigenvalue weighted by molar-refractivity contribution is 0.0571. The smallest absolute Gasteiger partial charge is 0.410 e. The Balaban J connectivity index is 1.04. The van der Waals surface area contributed by atoms with Gasteiger partial charge in [-0.3, -0.25) is 9.80 Å². The molecule has 1 amide bonds. The number of hydrogen-bond donors (Lipinski definition) is 1. The van der Waals surface area contributed by atoms with Gasteiger partial charge >= 0.3 is 6.09 Å². The molecule has 1 N–H and O–H groups in total. The molecule has 9 heteroatoms. The van der Waals surface area contributed by atoms with Crippen LogP contribution in [0.3, 0.4) is 0 Å². The standard InChI is InChI=1S/C43H46N2O6S/c46-41(31-12-18-34(19-13-31)51-38-11-5-4-10-37(38)45-25-27-49-43(45)47)40-36-21-20-35(50-29-30-8-2-1-3-9-30)28-39(36)52-42(40)32-14-16-33(17-15-32)48-26-24-44-22-6-7-23-44/h1-3,8-9,12-21,28,37-38,41,46H,4-7,10-11,22-27,29H2/t37-,38-,41?/m0/s1. The number of rotatable bonds is 13. The van der Waals surface area contributed by atoms with Crippen LogP contribution in [-0.4, -0.2) is 72.5 Å². The fourth-order valence-electron chi connectivity index (χ4n) is 7.76. The van der Waals surface area contributed by atoms with E-state index in [-0.39, 0.29) is 18.2 Å². The number of ether oxygens (including phenoxy) is 4. The van der Waals surface area contributed by atoms with E-state index in [2.05, 4.69) is 41.3 Å². The minimum absolute atomic E-state index is 0.0113. The first-order valence-electron chi connectivity index (χ1n) is 18.7. The third-order valence-electron chi connectivity index (χ3n) is 10.6. The molecule has 52 heavy (non-hydrogen) atoms. The van der Waals surface area contributed by atoms with Crippen molar-refractivity contribution in [3.63, 3.8) is 0 Å². The number of benzene rings is 4. The van der Waals surface area contributed by atoms with Gasteiger partial charge in [-0.15, -0.1) is 11.3 Å². The van der Waals surface area contributed by atoms with Crippen molar-refractivity contribution in [1.82, 2.24) is 9.80 Å². The number of amides is 1. The Morgan fingerprint density at radius 3 is 2.33 bits per heavy atom. The van der Waals surface area contributed by atoms with E-state index >= 15 is 0 Å². The molecule has 1 aromatic heterocycles. The number of likely N-dealkylation sites (tertiary alicyclic amines) is 1. The van der Waals surface area contributed by atoms with E-state index in [0.29, 0.717) is 26.4 Å². The van der Waals surface area contributed by atoms with Gasteiger partial charge in [-0.2, -0.15) is 0 Å². The summed E-state index contributed by atoms with van der Waals surface area (Å²) < 4.78 is 25.1. The van der Waals surface area contributed by atoms with Crippen molar-refractivity contribution >= 4 is 27.5 Å². The third kappa shape index (κ3) is 7.77. The van der Waals surface area contributed by atoms with Gasteiger partial charge in [0, 0.05) is 21.7 Å². The normalized spacial score (nSPS) is 19.9. The molecule has 2 saturated heterocycles. The van der Waals surface area contributed by atoms with Crippen LogP contribution in [0.15, 0.2) is 97.1 Å². The first-order valence-corrected chi connectivity index (χ1v) is 19.5. The highest BCUT2D eigenvalue weighted by Gasteiger charge is 2.37. The molecule has 1 saturated carbocycles. The van der Waals surface area contributed by atoms with Crippen LogP contribution in [0.1, 0.15) is 61.3 Å². The molecule has 3 heterocycles. The fraction of sp³-hybridized carbons (Fsp3) is 0.372. The largest absolute Gasteiger partial charge is 0.492 e. The Morgan fingerprint density at radius 2 is 1.56 bits per heavy atom. The van der Waals surface area contributed by atoms with Crippen LogP contribution in [0, 0.1) is 0 Å². The van der Waals surface area contributed by atoms with Gasteiger partial charge in [-0.05, 0) is 122 Å².